The van der Waals surface area contributed by atoms with Gasteiger partial charge >= 0.3 is 0 Å². The van der Waals surface area contributed by atoms with E-state index in [0.717, 1.165) is 23.7 Å². The van der Waals surface area contributed by atoms with Crippen LogP contribution in [0.15, 0.2) is 16.6 Å². The van der Waals surface area contributed by atoms with Gasteiger partial charge in [0.2, 0.25) is 0 Å². The molecule has 1 atom stereocenters. The van der Waals surface area contributed by atoms with Gasteiger partial charge in [0, 0.05) is 8.90 Å². The zero-order valence-electron chi connectivity index (χ0n) is 9.76. The highest BCUT2D eigenvalue weighted by Crippen LogP contribution is 2.23. The van der Waals surface area contributed by atoms with E-state index >= 15 is 0 Å². The summed E-state index contributed by atoms with van der Waals surface area (Å²) in [5, 5.41) is 9.47. The summed E-state index contributed by atoms with van der Waals surface area (Å²) in [6.45, 7) is 4.25. The van der Waals surface area contributed by atoms with Crippen LogP contribution in [-0.4, -0.2) is 15.6 Å². The topological polar surface area (TPSA) is 20.2 Å². The lowest BCUT2D eigenvalue weighted by molar-refractivity contribution is 0.189. The monoisotopic (exact) mass is 396 g/mol. The predicted molar refractivity (Wildman–Crippen MR) is 81.4 cm³/mol. The molecule has 0 spiro atoms. The maximum absolute atomic E-state index is 9.47. The zero-order chi connectivity index (χ0) is 12.1. The van der Waals surface area contributed by atoms with Crippen LogP contribution < -0.4 is 0 Å². The van der Waals surface area contributed by atoms with Gasteiger partial charge in [-0.3, -0.25) is 0 Å². The van der Waals surface area contributed by atoms with Gasteiger partial charge in [0.1, 0.15) is 0 Å². The van der Waals surface area contributed by atoms with Crippen molar-refractivity contribution >= 4 is 38.5 Å². The van der Waals surface area contributed by atoms with Crippen molar-refractivity contribution < 1.29 is 5.11 Å². The van der Waals surface area contributed by atoms with Crippen LogP contribution in [0, 0.1) is 13.8 Å². The fraction of sp³-hybridized carbons (Fsp3) is 0.538. The Hall–Kier alpha value is 0.390. The van der Waals surface area contributed by atoms with Crippen molar-refractivity contribution in [2.24, 2.45) is 0 Å². The van der Waals surface area contributed by atoms with E-state index in [1.165, 1.54) is 21.2 Å². The van der Waals surface area contributed by atoms with E-state index in [0.29, 0.717) is 0 Å². The Morgan fingerprint density at radius 2 is 1.88 bits per heavy atom. The first kappa shape index (κ1) is 14.5. The number of benzene rings is 1. The molecule has 0 fully saturated rings. The fourth-order valence-electron chi connectivity index (χ4n) is 1.80. The molecular formula is C13H18BrIO. The summed E-state index contributed by atoms with van der Waals surface area (Å²) in [4.78, 5) is 0. The summed E-state index contributed by atoms with van der Waals surface area (Å²) in [6, 6.07) is 4.46. The molecule has 0 amide bonds. The molecular weight excluding hydrogens is 379 g/mol. The van der Waals surface area contributed by atoms with Gasteiger partial charge in [0.05, 0.1) is 6.10 Å². The molecule has 1 aromatic carbocycles. The van der Waals surface area contributed by atoms with Gasteiger partial charge in [-0.25, -0.2) is 0 Å². The lowest BCUT2D eigenvalue weighted by atomic mass is 10.0. The van der Waals surface area contributed by atoms with Crippen molar-refractivity contribution in [1.29, 1.82) is 0 Å². The highest BCUT2D eigenvalue weighted by Gasteiger charge is 2.04. The molecule has 16 heavy (non-hydrogen) atoms. The third kappa shape index (κ3) is 4.34. The van der Waals surface area contributed by atoms with Crippen molar-refractivity contribution in [1.82, 2.24) is 0 Å². The predicted octanol–water partition coefficient (Wildman–Crippen LogP) is 4.18. The van der Waals surface area contributed by atoms with Gasteiger partial charge in [-0.2, -0.15) is 0 Å². The quantitative estimate of drug-likeness (QED) is 0.584. The van der Waals surface area contributed by atoms with Gasteiger partial charge in [-0.15, -0.1) is 0 Å². The lowest BCUT2D eigenvalue weighted by Gasteiger charge is -2.09. The lowest BCUT2D eigenvalue weighted by Crippen LogP contribution is -2.07. The Morgan fingerprint density at radius 1 is 1.31 bits per heavy atom. The molecule has 1 nitrogen and oxygen atoms in total. The van der Waals surface area contributed by atoms with Crippen LogP contribution >= 0.6 is 38.5 Å². The molecule has 0 aromatic heterocycles. The first-order valence-corrected chi connectivity index (χ1v) is 7.86. The van der Waals surface area contributed by atoms with Crippen molar-refractivity contribution in [3.8, 4) is 0 Å². The van der Waals surface area contributed by atoms with Crippen molar-refractivity contribution in [2.75, 3.05) is 4.43 Å². The van der Waals surface area contributed by atoms with Crippen LogP contribution in [0.2, 0.25) is 0 Å². The number of aliphatic hydroxyl groups excluding tert-OH is 1. The van der Waals surface area contributed by atoms with Crippen molar-refractivity contribution in [3.63, 3.8) is 0 Å². The molecule has 1 N–H and O–H groups in total. The van der Waals surface area contributed by atoms with Crippen LogP contribution in [0.5, 0.6) is 0 Å². The summed E-state index contributed by atoms with van der Waals surface area (Å²) in [7, 11) is 0. The Balaban J connectivity index is 2.55. The SMILES string of the molecule is Cc1cc(CCC[C@H](O)CI)cc(C)c1Br. The Labute approximate surface area is 120 Å². The van der Waals surface area contributed by atoms with Crippen LogP contribution in [0.4, 0.5) is 0 Å². The second-order valence-corrected chi connectivity index (χ2v) is 5.92. The zero-order valence-corrected chi connectivity index (χ0v) is 13.5. The van der Waals surface area contributed by atoms with Gasteiger partial charge in [0.25, 0.3) is 0 Å². The van der Waals surface area contributed by atoms with Crippen LogP contribution in [0.25, 0.3) is 0 Å². The van der Waals surface area contributed by atoms with Crippen molar-refractivity contribution in [3.05, 3.63) is 33.3 Å². The van der Waals surface area contributed by atoms with E-state index in [4.69, 9.17) is 0 Å². The standard InChI is InChI=1S/C13H18BrIO/c1-9-6-11(7-10(2)13(9)14)4-3-5-12(16)8-15/h6-7,12,16H,3-5,8H2,1-2H3/t12-/m0/s1. The van der Waals surface area contributed by atoms with Crippen LogP contribution in [0.1, 0.15) is 29.5 Å². The van der Waals surface area contributed by atoms with Gasteiger partial charge in [-0.05, 0) is 49.8 Å². The number of halogens is 2. The molecule has 1 rings (SSSR count). The first-order valence-electron chi connectivity index (χ1n) is 5.54. The molecule has 90 valence electrons. The molecule has 1 aromatic rings. The van der Waals surface area contributed by atoms with E-state index in [2.05, 4.69) is 64.5 Å². The maximum Gasteiger partial charge on any atom is 0.0629 e. The summed E-state index contributed by atoms with van der Waals surface area (Å²) in [5.41, 5.74) is 3.97. The molecule has 0 aliphatic carbocycles. The van der Waals surface area contributed by atoms with E-state index < -0.39 is 0 Å². The third-order valence-corrected chi connectivity index (χ3v) is 4.94. The summed E-state index contributed by atoms with van der Waals surface area (Å²) in [5.74, 6) is 0. The largest absolute Gasteiger partial charge is 0.392 e. The summed E-state index contributed by atoms with van der Waals surface area (Å²) in [6.07, 6.45) is 2.88. The number of rotatable bonds is 5. The van der Waals surface area contributed by atoms with E-state index in [1.807, 2.05) is 0 Å². The molecule has 0 aliphatic heterocycles. The smallest absolute Gasteiger partial charge is 0.0629 e. The third-order valence-electron chi connectivity index (χ3n) is 2.68. The molecule has 0 unspecified atom stereocenters. The minimum absolute atomic E-state index is 0.141. The minimum atomic E-state index is -0.141. The molecule has 0 aliphatic rings. The summed E-state index contributed by atoms with van der Waals surface area (Å²) >= 11 is 5.80. The second-order valence-electron chi connectivity index (χ2n) is 4.24. The Bertz CT molecular complexity index is 329. The molecule has 0 bridgehead atoms. The van der Waals surface area contributed by atoms with Crippen LogP contribution in [-0.2, 0) is 6.42 Å². The molecule has 3 heteroatoms. The second kappa shape index (κ2) is 6.97. The average Bonchev–Trinajstić information content (AvgIpc) is 2.25. The van der Waals surface area contributed by atoms with Gasteiger partial charge in [0.15, 0.2) is 0 Å². The first-order chi connectivity index (χ1) is 7.54. The number of aliphatic hydroxyl groups is 1. The maximum atomic E-state index is 9.47. The van der Waals surface area contributed by atoms with E-state index in [9.17, 15) is 5.11 Å². The van der Waals surface area contributed by atoms with E-state index in [-0.39, 0.29) is 6.10 Å². The molecule has 0 saturated heterocycles. The molecule has 0 saturated carbocycles. The van der Waals surface area contributed by atoms with Crippen LogP contribution in [0.3, 0.4) is 0 Å². The molecule has 0 radical (unpaired) electrons. The summed E-state index contributed by atoms with van der Waals surface area (Å²) < 4.78 is 2.04. The average molecular weight is 397 g/mol. The fourth-order valence-corrected chi connectivity index (χ4v) is 2.47. The molecule has 0 heterocycles. The minimum Gasteiger partial charge on any atom is -0.392 e. The normalized spacial score (nSPS) is 12.8. The Kier molecular flexibility index (Phi) is 6.29. The highest BCUT2D eigenvalue weighted by atomic mass is 127. The highest BCUT2D eigenvalue weighted by molar-refractivity contribution is 14.1. The number of alkyl halides is 1. The van der Waals surface area contributed by atoms with Gasteiger partial charge < -0.3 is 5.11 Å². The number of hydrogen-bond donors (Lipinski definition) is 1. The number of hydrogen-bond acceptors (Lipinski definition) is 1. The van der Waals surface area contributed by atoms with Crippen molar-refractivity contribution in [2.45, 2.75) is 39.2 Å². The Morgan fingerprint density at radius 3 is 2.38 bits per heavy atom. The number of aryl methyl sites for hydroxylation is 3. The van der Waals surface area contributed by atoms with E-state index in [1.54, 1.807) is 0 Å². The van der Waals surface area contributed by atoms with Gasteiger partial charge in [-0.1, -0.05) is 50.7 Å².